The van der Waals surface area contributed by atoms with Crippen molar-refractivity contribution in [2.45, 2.75) is 21.6 Å². The van der Waals surface area contributed by atoms with Crippen LogP contribution in [0.3, 0.4) is 0 Å². The number of hydrogen-bond acceptors (Lipinski definition) is 10. The molecule has 9 nitrogen and oxygen atoms in total. The maximum Gasteiger partial charge on any atom is 0.446 e. The van der Waals surface area contributed by atoms with Crippen LogP contribution in [0.15, 0.2) is 38.0 Å². The maximum atomic E-state index is 14.1. The Morgan fingerprint density at radius 1 is 1.26 bits per heavy atom. The average Bonchev–Trinajstić information content (AvgIpc) is 3.09. The predicted molar refractivity (Wildman–Crippen MR) is 106 cm³/mol. The van der Waals surface area contributed by atoms with Crippen LogP contribution in [0.4, 0.5) is 18.9 Å². The lowest BCUT2D eigenvalue weighted by Gasteiger charge is -2.39. The van der Waals surface area contributed by atoms with Gasteiger partial charge >= 0.3 is 17.8 Å². The first kappa shape index (κ1) is 21.9. The summed E-state index contributed by atoms with van der Waals surface area (Å²) in [6.07, 6.45) is -4.13. The molecule has 0 aliphatic carbocycles. The molecular formula is C17H17F3N4O5S2. The van der Waals surface area contributed by atoms with Crippen molar-refractivity contribution in [3.63, 3.8) is 0 Å². The van der Waals surface area contributed by atoms with Crippen LogP contribution in [-0.4, -0.2) is 81.9 Å². The van der Waals surface area contributed by atoms with Crippen molar-refractivity contribution in [3.05, 3.63) is 18.2 Å². The van der Waals surface area contributed by atoms with Crippen molar-refractivity contribution >= 4 is 44.4 Å². The van der Waals surface area contributed by atoms with E-state index in [0.717, 1.165) is 25.1 Å². The molecule has 0 aromatic heterocycles. The van der Waals surface area contributed by atoms with E-state index in [9.17, 15) is 26.4 Å². The zero-order chi connectivity index (χ0) is 22.6. The van der Waals surface area contributed by atoms with E-state index in [2.05, 4.69) is 14.7 Å². The largest absolute Gasteiger partial charge is 0.465 e. The highest BCUT2D eigenvalue weighted by molar-refractivity contribution is 8.15. The molecule has 3 aliphatic heterocycles. The summed E-state index contributed by atoms with van der Waals surface area (Å²) in [6, 6.07) is 4.21. The summed E-state index contributed by atoms with van der Waals surface area (Å²) in [7, 11) is -2.70. The number of ether oxygens (including phenoxy) is 2. The van der Waals surface area contributed by atoms with E-state index in [-0.39, 0.29) is 42.3 Å². The van der Waals surface area contributed by atoms with Gasteiger partial charge in [-0.15, -0.1) is 0 Å². The van der Waals surface area contributed by atoms with Gasteiger partial charge in [-0.25, -0.2) is 23.2 Å². The molecule has 3 heterocycles. The average molecular weight is 478 g/mol. The Morgan fingerprint density at radius 3 is 2.52 bits per heavy atom. The second-order valence-corrected chi connectivity index (χ2v) is 9.93. The molecule has 0 bridgehead atoms. The number of esters is 1. The second kappa shape index (κ2) is 7.38. The van der Waals surface area contributed by atoms with Crippen molar-refractivity contribution in [2.24, 2.45) is 9.98 Å². The number of methoxy groups -OCH3 is 1. The van der Waals surface area contributed by atoms with E-state index >= 15 is 0 Å². The van der Waals surface area contributed by atoms with Gasteiger partial charge in [-0.1, -0.05) is 0 Å². The molecule has 1 aromatic rings. The fourth-order valence-corrected chi connectivity index (χ4v) is 5.13. The number of anilines is 1. The number of carbonyl (C=O) groups excluding carboxylic acids is 1. The molecule has 0 N–H and O–H groups in total. The lowest BCUT2D eigenvalue weighted by Crippen LogP contribution is -2.59. The van der Waals surface area contributed by atoms with Crippen LogP contribution in [0.1, 0.15) is 0 Å². The van der Waals surface area contributed by atoms with Gasteiger partial charge in [0.15, 0.2) is 15.0 Å². The van der Waals surface area contributed by atoms with E-state index in [0.29, 0.717) is 10.6 Å². The Bertz CT molecular complexity index is 1100. The molecule has 0 unspecified atom stereocenters. The van der Waals surface area contributed by atoms with Crippen LogP contribution < -0.4 is 4.90 Å². The Balaban J connectivity index is 1.91. The number of benzene rings is 1. The molecular weight excluding hydrogens is 461 g/mol. The predicted octanol–water partition coefficient (Wildman–Crippen LogP) is 1.49. The SMILES string of the molecule is COC(=O)[C@@]1(C(F)(F)F)N=C2Sc3cc(S(C)(=O)=O)ccc3N2C(N2CCOCC2)=N1. The van der Waals surface area contributed by atoms with Gasteiger partial charge in [0, 0.05) is 24.2 Å². The van der Waals surface area contributed by atoms with Gasteiger partial charge in [0.05, 0.1) is 30.9 Å². The Morgan fingerprint density at radius 2 is 1.94 bits per heavy atom. The van der Waals surface area contributed by atoms with Crippen LogP contribution >= 0.6 is 11.8 Å². The summed E-state index contributed by atoms with van der Waals surface area (Å²) in [5.41, 5.74) is -3.04. The molecule has 0 saturated carbocycles. The van der Waals surface area contributed by atoms with Crippen LogP contribution in [-0.2, 0) is 24.1 Å². The van der Waals surface area contributed by atoms with E-state index in [1.54, 1.807) is 4.90 Å². The molecule has 0 spiro atoms. The zero-order valence-corrected chi connectivity index (χ0v) is 18.0. The van der Waals surface area contributed by atoms with E-state index < -0.39 is 27.6 Å². The highest BCUT2D eigenvalue weighted by Crippen LogP contribution is 2.48. The minimum atomic E-state index is -5.16. The minimum Gasteiger partial charge on any atom is -0.465 e. The molecule has 1 atom stereocenters. The Hall–Kier alpha value is -2.32. The molecule has 1 fully saturated rings. The molecule has 168 valence electrons. The maximum absolute atomic E-state index is 14.1. The minimum absolute atomic E-state index is 0.0131. The van der Waals surface area contributed by atoms with Gasteiger partial charge in [0.1, 0.15) is 0 Å². The number of halogens is 3. The summed E-state index contributed by atoms with van der Waals surface area (Å²) in [5, 5.41) is -0.153. The molecule has 1 aromatic carbocycles. The number of rotatable bonds is 2. The van der Waals surface area contributed by atoms with Crippen molar-refractivity contribution in [3.8, 4) is 0 Å². The third kappa shape index (κ3) is 3.55. The number of morpholine rings is 1. The van der Waals surface area contributed by atoms with Crippen molar-refractivity contribution in [1.82, 2.24) is 4.90 Å². The summed E-state index contributed by atoms with van der Waals surface area (Å²) in [5.74, 6) is -1.79. The smallest absolute Gasteiger partial charge is 0.446 e. The summed E-state index contributed by atoms with van der Waals surface area (Å²) < 4.78 is 75.9. The van der Waals surface area contributed by atoms with Gasteiger partial charge in [-0.2, -0.15) is 13.2 Å². The zero-order valence-electron chi connectivity index (χ0n) is 16.3. The monoisotopic (exact) mass is 478 g/mol. The number of sulfone groups is 1. The fraction of sp³-hybridized carbons (Fsp3) is 0.471. The number of nitrogens with zero attached hydrogens (tertiary/aromatic N) is 4. The number of thioether (sulfide) groups is 1. The summed E-state index contributed by atoms with van der Waals surface area (Å²) >= 11 is 0.829. The van der Waals surface area contributed by atoms with Gasteiger partial charge in [-0.05, 0) is 30.0 Å². The number of guanidine groups is 1. The summed E-state index contributed by atoms with van der Waals surface area (Å²) in [6.45, 7) is 1.03. The lowest BCUT2D eigenvalue weighted by molar-refractivity contribution is -0.201. The molecule has 14 heteroatoms. The highest BCUT2D eigenvalue weighted by atomic mass is 32.2. The van der Waals surface area contributed by atoms with Gasteiger partial charge in [0.25, 0.3) is 0 Å². The standard InChI is InChI=1S/C17H17F3N4O5S2/c1-28-13(25)16(17(18,19)20)21-14(23-5-7-29-8-6-23)24-11-4-3-10(31(2,26)27)9-12(11)30-15(24)22-16/h3-4,9H,5-8H2,1-2H3/t16-/m0/s1. The Labute approximate surface area is 179 Å². The molecule has 4 rings (SSSR count). The number of carbonyl (C=O) groups is 1. The number of hydrogen-bond donors (Lipinski definition) is 0. The quantitative estimate of drug-likeness (QED) is 0.590. The first-order valence-corrected chi connectivity index (χ1v) is 11.7. The third-order valence-electron chi connectivity index (χ3n) is 4.87. The molecule has 0 amide bonds. The fourth-order valence-electron chi connectivity index (χ4n) is 3.31. The first-order valence-electron chi connectivity index (χ1n) is 8.97. The summed E-state index contributed by atoms with van der Waals surface area (Å²) in [4.78, 5) is 23.1. The van der Waals surface area contributed by atoms with Crippen LogP contribution in [0, 0.1) is 0 Å². The van der Waals surface area contributed by atoms with Gasteiger partial charge < -0.3 is 14.4 Å². The van der Waals surface area contributed by atoms with Gasteiger partial charge in [-0.3, -0.25) is 4.90 Å². The molecule has 0 radical (unpaired) electrons. The van der Waals surface area contributed by atoms with Crippen LogP contribution in [0.25, 0.3) is 0 Å². The topological polar surface area (TPSA) is 101 Å². The first-order chi connectivity index (χ1) is 14.5. The highest BCUT2D eigenvalue weighted by Gasteiger charge is 2.66. The lowest BCUT2D eigenvalue weighted by atomic mass is 10.1. The van der Waals surface area contributed by atoms with Crippen molar-refractivity contribution < 1.29 is 35.9 Å². The van der Waals surface area contributed by atoms with Gasteiger partial charge in [0.2, 0.25) is 5.96 Å². The second-order valence-electron chi connectivity index (χ2n) is 6.91. The van der Waals surface area contributed by atoms with E-state index in [1.807, 2.05) is 0 Å². The number of alkyl halides is 3. The van der Waals surface area contributed by atoms with Crippen molar-refractivity contribution in [1.29, 1.82) is 0 Å². The van der Waals surface area contributed by atoms with Crippen LogP contribution in [0.2, 0.25) is 0 Å². The van der Waals surface area contributed by atoms with E-state index in [4.69, 9.17) is 4.74 Å². The number of fused-ring (bicyclic) bond motifs is 3. The van der Waals surface area contributed by atoms with E-state index in [1.165, 1.54) is 23.1 Å². The number of aliphatic imine (C=N–C) groups is 2. The van der Waals surface area contributed by atoms with Crippen LogP contribution in [0.5, 0.6) is 0 Å². The molecule has 31 heavy (non-hydrogen) atoms. The normalized spacial score (nSPS) is 23.6. The number of amidine groups is 1. The third-order valence-corrected chi connectivity index (χ3v) is 6.98. The Kier molecular flexibility index (Phi) is 5.21. The molecule has 1 saturated heterocycles. The molecule has 3 aliphatic rings. The van der Waals surface area contributed by atoms with Crippen molar-refractivity contribution in [2.75, 3.05) is 44.6 Å².